The van der Waals surface area contributed by atoms with Gasteiger partial charge in [-0.3, -0.25) is 0 Å². The Morgan fingerprint density at radius 3 is 2.14 bits per heavy atom. The van der Waals surface area contributed by atoms with E-state index in [0.717, 1.165) is 16.3 Å². The summed E-state index contributed by atoms with van der Waals surface area (Å²) in [7, 11) is 1.64. The molecular formula is C24H34O5. The average molecular weight is 403 g/mol. The van der Waals surface area contributed by atoms with Gasteiger partial charge >= 0.3 is 0 Å². The Morgan fingerprint density at radius 2 is 1.59 bits per heavy atom. The Balaban J connectivity index is 1.95. The van der Waals surface area contributed by atoms with E-state index < -0.39 is 23.9 Å². The van der Waals surface area contributed by atoms with Gasteiger partial charge in [-0.15, -0.1) is 0 Å². The van der Waals surface area contributed by atoms with E-state index in [2.05, 4.69) is 0 Å². The first-order valence-electron chi connectivity index (χ1n) is 10.2. The Morgan fingerprint density at radius 1 is 0.966 bits per heavy atom. The fourth-order valence-corrected chi connectivity index (χ4v) is 3.65. The number of rotatable bonds is 5. The summed E-state index contributed by atoms with van der Waals surface area (Å²) in [5.41, 5.74) is 0.0934. The van der Waals surface area contributed by atoms with Crippen LogP contribution in [0.2, 0.25) is 0 Å². The quantitative estimate of drug-likeness (QED) is 0.789. The highest BCUT2D eigenvalue weighted by Crippen LogP contribution is 2.42. The van der Waals surface area contributed by atoms with E-state index in [9.17, 15) is 5.11 Å². The molecule has 0 amide bonds. The Bertz CT molecular complexity index is 833. The second-order valence-corrected chi connectivity index (χ2v) is 9.65. The van der Waals surface area contributed by atoms with E-state index in [4.69, 9.17) is 18.9 Å². The van der Waals surface area contributed by atoms with Crippen LogP contribution in [0.1, 0.15) is 53.2 Å². The first kappa shape index (κ1) is 22.0. The molecule has 3 rings (SSSR count). The van der Waals surface area contributed by atoms with Crippen molar-refractivity contribution in [3.05, 3.63) is 42.0 Å². The van der Waals surface area contributed by atoms with Crippen LogP contribution in [0.5, 0.6) is 5.75 Å². The molecule has 2 aromatic carbocycles. The lowest BCUT2D eigenvalue weighted by Gasteiger charge is -2.30. The van der Waals surface area contributed by atoms with E-state index in [1.165, 1.54) is 0 Å². The number of aliphatic hydroxyl groups is 1. The van der Waals surface area contributed by atoms with E-state index in [0.29, 0.717) is 12.4 Å². The fourth-order valence-electron chi connectivity index (χ4n) is 3.65. The van der Waals surface area contributed by atoms with Gasteiger partial charge in [0.2, 0.25) is 0 Å². The molecule has 0 spiro atoms. The van der Waals surface area contributed by atoms with Crippen molar-refractivity contribution in [2.45, 2.75) is 77.2 Å². The van der Waals surface area contributed by atoms with Gasteiger partial charge in [0, 0.05) is 5.56 Å². The van der Waals surface area contributed by atoms with Gasteiger partial charge in [0.1, 0.15) is 30.2 Å². The molecule has 0 bridgehead atoms. The number of hydrogen-bond donors (Lipinski definition) is 1. The molecule has 1 N–H and O–H groups in total. The molecule has 160 valence electrons. The lowest BCUT2D eigenvalue weighted by Crippen LogP contribution is -2.42. The van der Waals surface area contributed by atoms with E-state index in [-0.39, 0.29) is 11.7 Å². The Labute approximate surface area is 173 Å². The summed E-state index contributed by atoms with van der Waals surface area (Å²) in [4.78, 5) is 0. The van der Waals surface area contributed by atoms with Crippen molar-refractivity contribution in [2.75, 3.05) is 13.7 Å². The molecule has 1 aliphatic rings. The summed E-state index contributed by atoms with van der Waals surface area (Å²) >= 11 is 0. The van der Waals surface area contributed by atoms with Crippen molar-refractivity contribution >= 4 is 10.8 Å². The van der Waals surface area contributed by atoms with Crippen molar-refractivity contribution in [2.24, 2.45) is 0 Å². The van der Waals surface area contributed by atoms with Gasteiger partial charge in [-0.1, -0.05) is 24.3 Å². The molecule has 0 saturated carbocycles. The lowest BCUT2D eigenvalue weighted by atomic mass is 9.97. The summed E-state index contributed by atoms with van der Waals surface area (Å²) in [5, 5.41) is 13.3. The predicted octanol–water partition coefficient (Wildman–Crippen LogP) is 4.65. The van der Waals surface area contributed by atoms with Crippen molar-refractivity contribution in [1.82, 2.24) is 0 Å². The van der Waals surface area contributed by atoms with Crippen LogP contribution >= 0.6 is 0 Å². The maximum Gasteiger partial charge on any atom is 0.125 e. The molecule has 4 atom stereocenters. The summed E-state index contributed by atoms with van der Waals surface area (Å²) in [5.74, 6) is 0.694. The average Bonchev–Trinajstić information content (AvgIpc) is 2.92. The summed E-state index contributed by atoms with van der Waals surface area (Å²) in [6.07, 6.45) is -2.28. The number of benzene rings is 2. The molecule has 0 radical (unpaired) electrons. The second kappa shape index (κ2) is 8.23. The third-order valence-electron chi connectivity index (χ3n) is 4.91. The molecule has 5 heteroatoms. The maximum absolute atomic E-state index is 11.2. The highest BCUT2D eigenvalue weighted by atomic mass is 16.6. The molecule has 0 aliphatic carbocycles. The normalized spacial score (nSPS) is 25.5. The van der Waals surface area contributed by atoms with Crippen molar-refractivity contribution in [3.63, 3.8) is 0 Å². The van der Waals surface area contributed by atoms with Crippen molar-refractivity contribution < 1.29 is 24.1 Å². The molecule has 5 nitrogen and oxygen atoms in total. The van der Waals surface area contributed by atoms with Crippen molar-refractivity contribution in [3.8, 4) is 5.75 Å². The number of hydrogen-bond acceptors (Lipinski definition) is 5. The maximum atomic E-state index is 11.2. The van der Waals surface area contributed by atoms with Crippen LogP contribution in [0.4, 0.5) is 0 Å². The monoisotopic (exact) mass is 402 g/mol. The number of fused-ring (bicyclic) bond motifs is 1. The molecule has 0 aromatic heterocycles. The van der Waals surface area contributed by atoms with Crippen LogP contribution in [0, 0.1) is 0 Å². The minimum Gasteiger partial charge on any atom is -0.496 e. The van der Waals surface area contributed by atoms with Crippen LogP contribution in [0.15, 0.2) is 36.4 Å². The molecule has 1 saturated heterocycles. The first-order valence-corrected chi connectivity index (χ1v) is 10.2. The first-order chi connectivity index (χ1) is 13.5. The fraction of sp³-hybridized carbons (Fsp3) is 0.583. The highest BCUT2D eigenvalue weighted by Gasteiger charge is 2.48. The van der Waals surface area contributed by atoms with Crippen LogP contribution in [0.25, 0.3) is 10.8 Å². The number of aliphatic hydroxyl groups excluding tert-OH is 1. The second-order valence-electron chi connectivity index (χ2n) is 9.65. The number of methoxy groups -OCH3 is 1. The molecule has 2 unspecified atom stereocenters. The molecular weight excluding hydrogens is 368 g/mol. The summed E-state index contributed by atoms with van der Waals surface area (Å²) in [6.45, 7) is 12.3. The minimum atomic E-state index is -0.835. The molecule has 2 aromatic rings. The van der Waals surface area contributed by atoms with Gasteiger partial charge < -0.3 is 24.1 Å². The van der Waals surface area contributed by atoms with Gasteiger partial charge in [-0.05, 0) is 64.4 Å². The third kappa shape index (κ3) is 5.28. The lowest BCUT2D eigenvalue weighted by molar-refractivity contribution is -0.137. The largest absolute Gasteiger partial charge is 0.496 e. The predicted molar refractivity (Wildman–Crippen MR) is 114 cm³/mol. The van der Waals surface area contributed by atoms with Crippen molar-refractivity contribution in [1.29, 1.82) is 0 Å². The topological polar surface area (TPSA) is 57.2 Å². The number of ether oxygens (including phenoxy) is 4. The zero-order valence-corrected chi connectivity index (χ0v) is 18.6. The van der Waals surface area contributed by atoms with Crippen LogP contribution in [0.3, 0.4) is 0 Å². The van der Waals surface area contributed by atoms with Gasteiger partial charge in [-0.2, -0.15) is 0 Å². The summed E-state index contributed by atoms with van der Waals surface area (Å²) in [6, 6.07) is 12.1. The van der Waals surface area contributed by atoms with Crippen LogP contribution in [-0.2, 0) is 14.2 Å². The molecule has 1 fully saturated rings. The zero-order chi connectivity index (χ0) is 21.4. The Hall–Kier alpha value is -1.66. The van der Waals surface area contributed by atoms with Gasteiger partial charge in [0.15, 0.2) is 0 Å². The molecule has 1 heterocycles. The van der Waals surface area contributed by atoms with Gasteiger partial charge in [0.05, 0.1) is 24.9 Å². The van der Waals surface area contributed by atoms with E-state index in [1.54, 1.807) is 7.11 Å². The van der Waals surface area contributed by atoms with Crippen LogP contribution in [-0.4, -0.2) is 48.3 Å². The van der Waals surface area contributed by atoms with Crippen LogP contribution < -0.4 is 4.74 Å². The summed E-state index contributed by atoms with van der Waals surface area (Å²) < 4.78 is 24.1. The van der Waals surface area contributed by atoms with E-state index >= 15 is 0 Å². The smallest absolute Gasteiger partial charge is 0.125 e. The highest BCUT2D eigenvalue weighted by molar-refractivity contribution is 5.85. The van der Waals surface area contributed by atoms with E-state index in [1.807, 2.05) is 77.9 Å². The minimum absolute atomic E-state index is 0.306. The van der Waals surface area contributed by atoms with Gasteiger partial charge in [0.25, 0.3) is 0 Å². The Kier molecular flexibility index (Phi) is 6.25. The third-order valence-corrected chi connectivity index (χ3v) is 4.91. The van der Waals surface area contributed by atoms with Gasteiger partial charge in [-0.25, -0.2) is 0 Å². The standard InChI is InChI=1S/C24H34O5/c1-23(2,3)27-14-19-22(29-24(4,5)6)20(25)21(28-19)17-12-15-10-8-9-11-16(15)13-18(17)26-7/h8-13,19-22,25H,14H2,1-7H3/t19-,20?,21+,22?/m1/s1. The SMILES string of the molecule is COc1cc2ccccc2cc1[C@@H]1O[C@H](COC(C)(C)C)C(OC(C)(C)C)C1O. The molecule has 1 aliphatic heterocycles. The zero-order valence-electron chi connectivity index (χ0n) is 18.6. The molecule has 29 heavy (non-hydrogen) atoms.